The van der Waals surface area contributed by atoms with Gasteiger partial charge in [0.1, 0.15) is 10.9 Å². The van der Waals surface area contributed by atoms with Crippen molar-refractivity contribution in [3.8, 4) is 5.69 Å². The van der Waals surface area contributed by atoms with E-state index in [0.29, 0.717) is 11.1 Å². The summed E-state index contributed by atoms with van der Waals surface area (Å²) in [6, 6.07) is 14.2. The van der Waals surface area contributed by atoms with Crippen molar-refractivity contribution in [2.75, 3.05) is 13.1 Å². The highest BCUT2D eigenvalue weighted by Gasteiger charge is 2.34. The quantitative estimate of drug-likeness (QED) is 0.417. The molecular formula is C24H26ClN4OS2+. The molecule has 5 rings (SSSR count). The minimum atomic E-state index is -0.0130. The number of likely N-dealkylation sites (tertiary alicyclic amines) is 1. The van der Waals surface area contributed by atoms with Gasteiger partial charge < -0.3 is 10.2 Å². The van der Waals surface area contributed by atoms with Gasteiger partial charge in [0.05, 0.1) is 40.3 Å². The number of amides is 1. The van der Waals surface area contributed by atoms with Crippen LogP contribution in [-0.2, 0) is 0 Å². The lowest BCUT2D eigenvalue weighted by Gasteiger charge is -2.29. The summed E-state index contributed by atoms with van der Waals surface area (Å²) < 4.78 is 1.90. The number of quaternary nitrogens is 1. The Morgan fingerprint density at radius 2 is 1.97 bits per heavy atom. The number of hydrogen-bond donors (Lipinski definition) is 2. The first-order valence-electron chi connectivity index (χ1n) is 10.9. The SMILES string of the molecule is Cc1nn(-c2ccc(Cl)cc2)c2sc(C(=O)N[C@@H](C)[C@H](c3cccs3)[NH+]3CCCC3)cc12. The number of fused-ring (bicyclic) bond motifs is 1. The molecule has 1 aromatic carbocycles. The molecule has 2 N–H and O–H groups in total. The van der Waals surface area contributed by atoms with E-state index in [1.165, 1.54) is 42.1 Å². The molecule has 1 saturated heterocycles. The molecule has 0 unspecified atom stereocenters. The summed E-state index contributed by atoms with van der Waals surface area (Å²) in [6.07, 6.45) is 2.52. The Balaban J connectivity index is 1.41. The first-order valence-corrected chi connectivity index (χ1v) is 13.0. The van der Waals surface area contributed by atoms with Crippen molar-refractivity contribution >= 4 is 50.4 Å². The summed E-state index contributed by atoms with van der Waals surface area (Å²) in [5, 5.41) is 11.8. The molecule has 0 spiro atoms. The maximum atomic E-state index is 13.3. The number of hydrogen-bond acceptors (Lipinski definition) is 4. The van der Waals surface area contributed by atoms with Crippen molar-refractivity contribution in [2.24, 2.45) is 0 Å². The Bertz CT molecular complexity index is 1220. The molecule has 32 heavy (non-hydrogen) atoms. The average molecular weight is 486 g/mol. The van der Waals surface area contributed by atoms with E-state index < -0.39 is 0 Å². The third-order valence-corrected chi connectivity index (χ3v) is 8.55. The molecule has 8 heteroatoms. The normalized spacial score (nSPS) is 16.5. The van der Waals surface area contributed by atoms with Gasteiger partial charge in [-0.3, -0.25) is 4.79 Å². The smallest absolute Gasteiger partial charge is 0.261 e. The van der Waals surface area contributed by atoms with E-state index >= 15 is 0 Å². The predicted molar refractivity (Wildman–Crippen MR) is 133 cm³/mol. The van der Waals surface area contributed by atoms with E-state index in [1.54, 1.807) is 16.2 Å². The maximum absolute atomic E-state index is 13.3. The molecule has 5 nitrogen and oxygen atoms in total. The second-order valence-electron chi connectivity index (χ2n) is 8.42. The molecule has 2 atom stereocenters. The third kappa shape index (κ3) is 4.10. The lowest BCUT2D eigenvalue weighted by molar-refractivity contribution is -0.920. The van der Waals surface area contributed by atoms with E-state index in [-0.39, 0.29) is 11.9 Å². The number of carbonyl (C=O) groups excluding carboxylic acids is 1. The fourth-order valence-electron chi connectivity index (χ4n) is 4.69. The van der Waals surface area contributed by atoms with Crippen LogP contribution in [0.1, 0.15) is 46.0 Å². The van der Waals surface area contributed by atoms with Crippen LogP contribution >= 0.6 is 34.3 Å². The average Bonchev–Trinajstić information content (AvgIpc) is 3.56. The Kier molecular flexibility index (Phi) is 6.07. The number of thiophene rings is 2. The van der Waals surface area contributed by atoms with Crippen molar-refractivity contribution in [3.63, 3.8) is 0 Å². The number of nitrogens with one attached hydrogen (secondary N) is 2. The first kappa shape index (κ1) is 21.6. The fraction of sp³-hybridized carbons (Fsp3) is 0.333. The summed E-state index contributed by atoms with van der Waals surface area (Å²) >= 11 is 9.32. The van der Waals surface area contributed by atoms with Crippen LogP contribution in [0.15, 0.2) is 47.8 Å². The number of benzene rings is 1. The van der Waals surface area contributed by atoms with Crippen molar-refractivity contribution in [3.05, 3.63) is 68.3 Å². The topological polar surface area (TPSA) is 51.4 Å². The van der Waals surface area contributed by atoms with Gasteiger partial charge in [-0.1, -0.05) is 17.7 Å². The van der Waals surface area contributed by atoms with Crippen LogP contribution in [-0.4, -0.2) is 34.8 Å². The summed E-state index contributed by atoms with van der Waals surface area (Å²) in [5.41, 5.74) is 1.85. The summed E-state index contributed by atoms with van der Waals surface area (Å²) in [5.74, 6) is -0.0130. The largest absolute Gasteiger partial charge is 0.342 e. The highest BCUT2D eigenvalue weighted by Crippen LogP contribution is 2.31. The van der Waals surface area contributed by atoms with Gasteiger partial charge in [0.25, 0.3) is 5.91 Å². The van der Waals surface area contributed by atoms with Crippen molar-refractivity contribution in [1.82, 2.24) is 15.1 Å². The van der Waals surface area contributed by atoms with Crippen LogP contribution < -0.4 is 10.2 Å². The standard InChI is InChI=1S/C24H25ClN4OS2/c1-15-19-14-21(32-24(19)29(27-15)18-9-7-17(25)8-10-18)23(30)26-16(2)22(20-6-5-13-31-20)28-11-3-4-12-28/h5-10,13-14,16,22H,3-4,11-12H2,1-2H3,(H,26,30)/p+1/t16-,22+/m0/s1. The molecule has 0 aliphatic carbocycles. The van der Waals surface area contributed by atoms with Gasteiger partial charge in [-0.05, 0) is 55.6 Å². The van der Waals surface area contributed by atoms with Crippen LogP contribution in [0.2, 0.25) is 5.02 Å². The van der Waals surface area contributed by atoms with Gasteiger partial charge in [0.15, 0.2) is 0 Å². The van der Waals surface area contributed by atoms with Crippen LogP contribution in [0.5, 0.6) is 0 Å². The Morgan fingerprint density at radius 1 is 1.22 bits per heavy atom. The number of carbonyl (C=O) groups is 1. The van der Waals surface area contributed by atoms with E-state index in [9.17, 15) is 4.79 Å². The molecule has 1 amide bonds. The van der Waals surface area contributed by atoms with Gasteiger partial charge in [-0.2, -0.15) is 5.10 Å². The van der Waals surface area contributed by atoms with E-state index in [1.807, 2.05) is 41.9 Å². The zero-order valence-corrected chi connectivity index (χ0v) is 20.5. The van der Waals surface area contributed by atoms with Gasteiger partial charge in [0, 0.05) is 23.3 Å². The lowest BCUT2D eigenvalue weighted by Crippen LogP contribution is -3.11. The molecule has 1 fully saturated rings. The Hall–Kier alpha value is -2.19. The van der Waals surface area contributed by atoms with Gasteiger partial charge in [0.2, 0.25) is 0 Å². The molecule has 1 aliphatic rings. The predicted octanol–water partition coefficient (Wildman–Crippen LogP) is 4.65. The van der Waals surface area contributed by atoms with E-state index in [4.69, 9.17) is 11.6 Å². The number of halogens is 1. The summed E-state index contributed by atoms with van der Waals surface area (Å²) in [4.78, 5) is 17.9. The van der Waals surface area contributed by atoms with Gasteiger partial charge in [-0.25, -0.2) is 4.68 Å². The van der Waals surface area contributed by atoms with Crippen LogP contribution in [0.4, 0.5) is 0 Å². The van der Waals surface area contributed by atoms with E-state index in [0.717, 1.165) is 26.5 Å². The molecule has 1 aliphatic heterocycles. The number of aromatic nitrogens is 2. The number of aryl methyl sites for hydroxylation is 1. The van der Waals surface area contributed by atoms with Gasteiger partial charge in [-0.15, -0.1) is 22.7 Å². The zero-order chi connectivity index (χ0) is 22.2. The van der Waals surface area contributed by atoms with Crippen LogP contribution in [0.3, 0.4) is 0 Å². The highest BCUT2D eigenvalue weighted by molar-refractivity contribution is 7.20. The molecule has 0 radical (unpaired) electrons. The Labute approximate surface area is 200 Å². The third-order valence-electron chi connectivity index (χ3n) is 6.23. The minimum absolute atomic E-state index is 0.0130. The monoisotopic (exact) mass is 485 g/mol. The molecule has 0 saturated carbocycles. The van der Waals surface area contributed by atoms with Crippen molar-refractivity contribution in [1.29, 1.82) is 0 Å². The lowest BCUT2D eigenvalue weighted by atomic mass is 10.1. The second-order valence-corrected chi connectivity index (χ2v) is 10.9. The molecular weight excluding hydrogens is 460 g/mol. The first-order chi connectivity index (χ1) is 15.5. The van der Waals surface area contributed by atoms with Crippen molar-refractivity contribution < 1.29 is 9.69 Å². The number of nitrogens with zero attached hydrogens (tertiary/aromatic N) is 2. The maximum Gasteiger partial charge on any atom is 0.261 e. The minimum Gasteiger partial charge on any atom is -0.342 e. The second kappa shape index (κ2) is 8.98. The molecule has 4 heterocycles. The zero-order valence-electron chi connectivity index (χ0n) is 18.1. The van der Waals surface area contributed by atoms with Gasteiger partial charge >= 0.3 is 0 Å². The molecule has 3 aromatic heterocycles. The molecule has 4 aromatic rings. The molecule has 0 bridgehead atoms. The number of rotatable bonds is 6. The molecule has 166 valence electrons. The Morgan fingerprint density at radius 3 is 2.66 bits per heavy atom. The van der Waals surface area contributed by atoms with Crippen LogP contribution in [0, 0.1) is 6.92 Å². The van der Waals surface area contributed by atoms with Crippen LogP contribution in [0.25, 0.3) is 15.9 Å². The highest BCUT2D eigenvalue weighted by atomic mass is 35.5. The van der Waals surface area contributed by atoms with E-state index in [2.05, 4.69) is 34.9 Å². The fourth-order valence-corrected chi connectivity index (χ4v) is 6.89. The van der Waals surface area contributed by atoms with Crippen molar-refractivity contribution in [2.45, 2.75) is 38.8 Å². The summed E-state index contributed by atoms with van der Waals surface area (Å²) in [7, 11) is 0. The summed E-state index contributed by atoms with van der Waals surface area (Å²) in [6.45, 7) is 6.46.